The number of Topliss-reactive ketones (excluding diaryl/α,β-unsaturated/α-hetero) is 1. The average molecular weight is 392 g/mol. The second-order valence-corrected chi connectivity index (χ2v) is 8.18. The van der Waals surface area contributed by atoms with Crippen LogP contribution in [0.25, 0.3) is 0 Å². The normalized spacial score (nSPS) is 20.8. The van der Waals surface area contributed by atoms with Crippen LogP contribution in [-0.2, 0) is 19.7 Å². The molecule has 1 aliphatic rings. The SMILES string of the molecule is CC(C)(C)OC(=O)C(C#N)(c1ccc(Br)cc1)C1CCCC(=O)C1. The summed E-state index contributed by atoms with van der Waals surface area (Å²) in [5.74, 6) is -0.828. The van der Waals surface area contributed by atoms with Crippen LogP contribution in [0.5, 0.6) is 0 Å². The standard InChI is InChI=1S/C19H22BrNO3/c1-18(2,3)24-17(23)19(12-21,13-7-9-15(20)10-8-13)14-5-4-6-16(22)11-14/h7-10,14H,4-6,11H2,1-3H3. The second kappa shape index (κ2) is 7.06. The van der Waals surface area contributed by atoms with Gasteiger partial charge < -0.3 is 4.74 Å². The molecule has 2 atom stereocenters. The van der Waals surface area contributed by atoms with E-state index in [2.05, 4.69) is 22.0 Å². The van der Waals surface area contributed by atoms with Crippen molar-refractivity contribution in [3.8, 4) is 6.07 Å². The summed E-state index contributed by atoms with van der Waals surface area (Å²) < 4.78 is 6.45. The van der Waals surface area contributed by atoms with Crippen LogP contribution in [0.15, 0.2) is 28.7 Å². The van der Waals surface area contributed by atoms with Crippen LogP contribution in [0.1, 0.15) is 52.0 Å². The van der Waals surface area contributed by atoms with Gasteiger partial charge in [0.05, 0.1) is 6.07 Å². The molecule has 2 unspecified atom stereocenters. The lowest BCUT2D eigenvalue weighted by molar-refractivity contribution is -0.162. The fraction of sp³-hybridized carbons (Fsp3) is 0.526. The number of nitriles is 1. The molecule has 0 aromatic heterocycles. The Labute approximate surface area is 151 Å². The lowest BCUT2D eigenvalue weighted by atomic mass is 9.65. The Morgan fingerprint density at radius 3 is 2.42 bits per heavy atom. The minimum absolute atomic E-state index is 0.103. The first kappa shape index (κ1) is 18.7. The zero-order valence-corrected chi connectivity index (χ0v) is 15.9. The molecule has 1 aromatic rings. The number of carbonyl (C=O) groups excluding carboxylic acids is 2. The van der Waals surface area contributed by atoms with E-state index in [0.29, 0.717) is 24.8 Å². The van der Waals surface area contributed by atoms with Crippen molar-refractivity contribution in [2.45, 2.75) is 57.5 Å². The van der Waals surface area contributed by atoms with Gasteiger partial charge in [-0.15, -0.1) is 0 Å². The summed E-state index contributed by atoms with van der Waals surface area (Å²) in [4.78, 5) is 25.0. The Morgan fingerprint density at radius 1 is 1.29 bits per heavy atom. The molecule has 24 heavy (non-hydrogen) atoms. The predicted octanol–water partition coefficient (Wildman–Crippen LogP) is 4.31. The number of hydrogen-bond acceptors (Lipinski definition) is 4. The molecule has 5 heteroatoms. The zero-order chi connectivity index (χ0) is 18.0. The number of esters is 1. The highest BCUT2D eigenvalue weighted by atomic mass is 79.9. The molecule has 2 rings (SSSR count). The highest BCUT2D eigenvalue weighted by Crippen LogP contribution is 2.42. The molecule has 1 aromatic carbocycles. The molecule has 0 heterocycles. The lowest BCUT2D eigenvalue weighted by Gasteiger charge is -2.37. The topological polar surface area (TPSA) is 67.2 Å². The van der Waals surface area contributed by atoms with Crippen LogP contribution in [0.2, 0.25) is 0 Å². The third kappa shape index (κ3) is 3.87. The van der Waals surface area contributed by atoms with Crippen LogP contribution >= 0.6 is 15.9 Å². The molecule has 0 radical (unpaired) electrons. The van der Waals surface area contributed by atoms with Gasteiger partial charge in [-0.1, -0.05) is 28.1 Å². The van der Waals surface area contributed by atoms with Gasteiger partial charge in [-0.2, -0.15) is 5.26 Å². The summed E-state index contributed by atoms with van der Waals surface area (Å²) in [5, 5.41) is 10.0. The molecule has 128 valence electrons. The monoisotopic (exact) mass is 391 g/mol. The molecule has 0 aliphatic heterocycles. The number of carbonyl (C=O) groups is 2. The van der Waals surface area contributed by atoms with Crippen molar-refractivity contribution in [3.05, 3.63) is 34.3 Å². The number of benzene rings is 1. The maximum Gasteiger partial charge on any atom is 0.331 e. The highest BCUT2D eigenvalue weighted by Gasteiger charge is 2.51. The van der Waals surface area contributed by atoms with Gasteiger partial charge in [0.2, 0.25) is 0 Å². The maximum absolute atomic E-state index is 13.0. The minimum Gasteiger partial charge on any atom is -0.459 e. The summed E-state index contributed by atoms with van der Waals surface area (Å²) in [6, 6.07) is 9.35. The Hall–Kier alpha value is -1.67. The van der Waals surface area contributed by atoms with Crippen LogP contribution in [0.3, 0.4) is 0 Å². The van der Waals surface area contributed by atoms with Crippen molar-refractivity contribution in [1.29, 1.82) is 5.26 Å². The van der Waals surface area contributed by atoms with Crippen molar-refractivity contribution in [2.24, 2.45) is 5.92 Å². The minimum atomic E-state index is -1.45. The molecule has 1 saturated carbocycles. The number of rotatable bonds is 3. The van der Waals surface area contributed by atoms with E-state index >= 15 is 0 Å². The first-order chi connectivity index (χ1) is 11.2. The van der Waals surface area contributed by atoms with Crippen molar-refractivity contribution in [2.75, 3.05) is 0 Å². The summed E-state index contributed by atoms with van der Waals surface area (Å²) in [7, 11) is 0. The van der Waals surface area contributed by atoms with E-state index in [9.17, 15) is 14.9 Å². The number of halogens is 1. The summed E-state index contributed by atoms with van der Waals surface area (Å²) in [6.07, 6.45) is 2.12. The van der Waals surface area contributed by atoms with Gasteiger partial charge in [-0.3, -0.25) is 4.79 Å². The van der Waals surface area contributed by atoms with Crippen LogP contribution in [-0.4, -0.2) is 17.4 Å². The Morgan fingerprint density at radius 2 is 1.92 bits per heavy atom. The molecule has 0 spiro atoms. The lowest BCUT2D eigenvalue weighted by Crippen LogP contribution is -2.47. The summed E-state index contributed by atoms with van der Waals surface area (Å²) in [5.41, 5.74) is -1.57. The fourth-order valence-corrected chi connectivity index (χ4v) is 3.45. The molecular formula is C19H22BrNO3. The second-order valence-electron chi connectivity index (χ2n) is 7.26. The molecule has 0 saturated heterocycles. The van der Waals surface area contributed by atoms with Gasteiger partial charge in [0, 0.05) is 17.3 Å². The van der Waals surface area contributed by atoms with E-state index in [1.165, 1.54) is 0 Å². The predicted molar refractivity (Wildman–Crippen MR) is 94.2 cm³/mol. The highest BCUT2D eigenvalue weighted by molar-refractivity contribution is 9.10. The number of nitrogens with zero attached hydrogens (tertiary/aromatic N) is 1. The first-order valence-electron chi connectivity index (χ1n) is 8.11. The van der Waals surface area contributed by atoms with Crippen molar-refractivity contribution in [1.82, 2.24) is 0 Å². The molecule has 0 amide bonds. The molecule has 0 bridgehead atoms. The molecule has 4 nitrogen and oxygen atoms in total. The first-order valence-corrected chi connectivity index (χ1v) is 8.91. The van der Waals surface area contributed by atoms with Crippen molar-refractivity contribution >= 4 is 27.7 Å². The van der Waals surface area contributed by atoms with Crippen LogP contribution in [0, 0.1) is 17.2 Å². The van der Waals surface area contributed by atoms with Gasteiger partial charge in [-0.05, 0) is 57.2 Å². The molecule has 1 fully saturated rings. The number of ketones is 1. The Balaban J connectivity index is 2.53. The largest absolute Gasteiger partial charge is 0.459 e. The van der Waals surface area contributed by atoms with E-state index in [-0.39, 0.29) is 18.1 Å². The van der Waals surface area contributed by atoms with Crippen LogP contribution < -0.4 is 0 Å². The van der Waals surface area contributed by atoms with Crippen molar-refractivity contribution < 1.29 is 14.3 Å². The van der Waals surface area contributed by atoms with E-state index in [0.717, 1.165) is 4.47 Å². The van der Waals surface area contributed by atoms with E-state index in [1.807, 2.05) is 0 Å². The third-order valence-electron chi connectivity index (χ3n) is 4.29. The zero-order valence-electron chi connectivity index (χ0n) is 14.3. The van der Waals surface area contributed by atoms with E-state index in [4.69, 9.17) is 4.74 Å². The molecular weight excluding hydrogens is 370 g/mol. The maximum atomic E-state index is 13.0. The molecule has 0 N–H and O–H groups in total. The summed E-state index contributed by atoms with van der Waals surface area (Å²) in [6.45, 7) is 5.34. The van der Waals surface area contributed by atoms with E-state index in [1.54, 1.807) is 45.0 Å². The molecule has 1 aliphatic carbocycles. The third-order valence-corrected chi connectivity index (χ3v) is 4.82. The van der Waals surface area contributed by atoms with E-state index < -0.39 is 17.0 Å². The van der Waals surface area contributed by atoms with Gasteiger partial charge in [0.25, 0.3) is 0 Å². The van der Waals surface area contributed by atoms with Gasteiger partial charge >= 0.3 is 5.97 Å². The van der Waals surface area contributed by atoms with Gasteiger partial charge in [0.1, 0.15) is 11.4 Å². The van der Waals surface area contributed by atoms with Gasteiger partial charge in [0.15, 0.2) is 5.41 Å². The average Bonchev–Trinajstić information content (AvgIpc) is 2.48. The quantitative estimate of drug-likeness (QED) is 0.719. The number of ether oxygens (including phenoxy) is 1. The Bertz CT molecular complexity index is 669. The fourth-order valence-electron chi connectivity index (χ4n) is 3.19. The van der Waals surface area contributed by atoms with Gasteiger partial charge in [-0.25, -0.2) is 4.79 Å². The van der Waals surface area contributed by atoms with Crippen molar-refractivity contribution in [3.63, 3.8) is 0 Å². The number of hydrogen-bond donors (Lipinski definition) is 0. The Kier molecular flexibility index (Phi) is 5.49. The van der Waals surface area contributed by atoms with Crippen LogP contribution in [0.4, 0.5) is 0 Å². The smallest absolute Gasteiger partial charge is 0.331 e. The summed E-state index contributed by atoms with van der Waals surface area (Å²) >= 11 is 3.37.